The summed E-state index contributed by atoms with van der Waals surface area (Å²) in [6.07, 6.45) is 0.0641. The number of nitrogens with two attached hydrogens (primary N) is 1. The second-order valence-electron chi connectivity index (χ2n) is 4.46. The van der Waals surface area contributed by atoms with Gasteiger partial charge in [0, 0.05) is 12.3 Å². The van der Waals surface area contributed by atoms with E-state index >= 15 is 0 Å². The van der Waals surface area contributed by atoms with Crippen LogP contribution in [0, 0.1) is 11.8 Å². The summed E-state index contributed by atoms with van der Waals surface area (Å²) in [5.41, 5.74) is 5.55. The summed E-state index contributed by atoms with van der Waals surface area (Å²) in [7, 11) is 0. The minimum absolute atomic E-state index is 0.0102. The number of Topliss-reactive ketones (excluding diaryl/α,β-unsaturated/α-hetero) is 1. The van der Waals surface area contributed by atoms with E-state index in [4.69, 9.17) is 10.5 Å². The largest absolute Gasteiger partial charge is 0.464 e. The Balaban J connectivity index is 3.94. The molecule has 0 rings (SSSR count). The Morgan fingerprint density at radius 1 is 1.20 bits per heavy atom. The van der Waals surface area contributed by atoms with Gasteiger partial charge in [-0.15, -0.1) is 0 Å². The van der Waals surface area contributed by atoms with Crippen LogP contribution in [0.15, 0.2) is 0 Å². The van der Waals surface area contributed by atoms with Gasteiger partial charge < -0.3 is 10.5 Å². The van der Waals surface area contributed by atoms with E-state index in [0.29, 0.717) is 6.61 Å². The Hall–Kier alpha value is -0.900. The van der Waals surface area contributed by atoms with Crippen molar-refractivity contribution in [3.8, 4) is 0 Å². The van der Waals surface area contributed by atoms with Crippen LogP contribution in [-0.4, -0.2) is 24.4 Å². The fraction of sp³-hybridized carbons (Fsp3) is 0.818. The van der Waals surface area contributed by atoms with Crippen molar-refractivity contribution in [1.29, 1.82) is 0 Å². The standard InChI is InChI=1S/C11H21NO3/c1-7(2)6-15-11(14)9(12)5-10(13)8(3)4/h7-9H,5-6,12H2,1-4H3. The number of ketones is 1. The Labute approximate surface area is 91.2 Å². The van der Waals surface area contributed by atoms with E-state index in [1.54, 1.807) is 13.8 Å². The van der Waals surface area contributed by atoms with E-state index in [1.807, 2.05) is 13.8 Å². The van der Waals surface area contributed by atoms with E-state index in [-0.39, 0.29) is 24.0 Å². The number of hydrogen-bond donors (Lipinski definition) is 1. The number of hydrogen-bond acceptors (Lipinski definition) is 4. The van der Waals surface area contributed by atoms with Crippen molar-refractivity contribution in [1.82, 2.24) is 0 Å². The Kier molecular flexibility index (Phi) is 6.17. The molecule has 2 N–H and O–H groups in total. The number of ether oxygens (including phenoxy) is 1. The highest BCUT2D eigenvalue weighted by atomic mass is 16.5. The fourth-order valence-corrected chi connectivity index (χ4v) is 0.892. The average molecular weight is 215 g/mol. The zero-order chi connectivity index (χ0) is 12.0. The third-order valence-electron chi connectivity index (χ3n) is 1.93. The normalized spacial score (nSPS) is 13.0. The number of carbonyl (C=O) groups is 2. The Morgan fingerprint density at radius 3 is 2.13 bits per heavy atom. The molecule has 0 heterocycles. The molecule has 1 atom stereocenters. The lowest BCUT2D eigenvalue weighted by atomic mass is 10.0. The van der Waals surface area contributed by atoms with Crippen LogP contribution in [0.25, 0.3) is 0 Å². The lowest BCUT2D eigenvalue weighted by molar-refractivity contribution is -0.147. The van der Waals surface area contributed by atoms with E-state index in [1.165, 1.54) is 0 Å². The van der Waals surface area contributed by atoms with Crippen molar-refractivity contribution in [2.24, 2.45) is 17.6 Å². The predicted molar refractivity (Wildman–Crippen MR) is 58.2 cm³/mol. The van der Waals surface area contributed by atoms with Crippen LogP contribution >= 0.6 is 0 Å². The highest BCUT2D eigenvalue weighted by molar-refractivity contribution is 5.87. The summed E-state index contributed by atoms with van der Waals surface area (Å²) in [5.74, 6) is -0.308. The van der Waals surface area contributed by atoms with Gasteiger partial charge in [0.2, 0.25) is 0 Å². The van der Waals surface area contributed by atoms with E-state index in [2.05, 4.69) is 0 Å². The lowest BCUT2D eigenvalue weighted by Crippen LogP contribution is -2.36. The zero-order valence-corrected chi connectivity index (χ0v) is 9.95. The van der Waals surface area contributed by atoms with E-state index < -0.39 is 12.0 Å². The molecule has 0 aliphatic rings. The van der Waals surface area contributed by atoms with Crippen molar-refractivity contribution >= 4 is 11.8 Å². The van der Waals surface area contributed by atoms with Crippen LogP contribution in [0.4, 0.5) is 0 Å². The first-order valence-electron chi connectivity index (χ1n) is 5.29. The molecular weight excluding hydrogens is 194 g/mol. The van der Waals surface area contributed by atoms with Gasteiger partial charge >= 0.3 is 5.97 Å². The first kappa shape index (κ1) is 14.1. The average Bonchev–Trinajstić information content (AvgIpc) is 2.13. The van der Waals surface area contributed by atoms with E-state index in [9.17, 15) is 9.59 Å². The first-order valence-corrected chi connectivity index (χ1v) is 5.29. The molecule has 4 heteroatoms. The lowest BCUT2D eigenvalue weighted by Gasteiger charge is -2.13. The molecule has 0 aromatic carbocycles. The first-order chi connectivity index (χ1) is 6.84. The maximum Gasteiger partial charge on any atom is 0.323 e. The minimum atomic E-state index is -0.821. The zero-order valence-electron chi connectivity index (χ0n) is 9.95. The van der Waals surface area contributed by atoms with Gasteiger partial charge in [0.25, 0.3) is 0 Å². The summed E-state index contributed by atoms with van der Waals surface area (Å²) in [6.45, 7) is 7.81. The van der Waals surface area contributed by atoms with Crippen molar-refractivity contribution in [3.05, 3.63) is 0 Å². The molecule has 4 nitrogen and oxygen atoms in total. The molecule has 0 aliphatic carbocycles. The third kappa shape index (κ3) is 6.23. The second kappa shape index (κ2) is 6.56. The molecule has 0 spiro atoms. The molecule has 0 aromatic rings. The number of rotatable bonds is 6. The topological polar surface area (TPSA) is 69.4 Å². The van der Waals surface area contributed by atoms with Crippen LogP contribution in [0.5, 0.6) is 0 Å². The molecule has 1 unspecified atom stereocenters. The van der Waals surface area contributed by atoms with E-state index in [0.717, 1.165) is 0 Å². The summed E-state index contributed by atoms with van der Waals surface area (Å²) in [6, 6.07) is -0.821. The highest BCUT2D eigenvalue weighted by Gasteiger charge is 2.20. The molecule has 0 radical (unpaired) electrons. The molecule has 0 aromatic heterocycles. The summed E-state index contributed by atoms with van der Waals surface area (Å²) >= 11 is 0. The summed E-state index contributed by atoms with van der Waals surface area (Å²) in [4.78, 5) is 22.6. The molecule has 0 aliphatic heterocycles. The molecule has 0 bridgehead atoms. The van der Waals surface area contributed by atoms with Gasteiger partial charge in [0.05, 0.1) is 6.61 Å². The van der Waals surface area contributed by atoms with Gasteiger partial charge in [-0.3, -0.25) is 9.59 Å². The minimum Gasteiger partial charge on any atom is -0.464 e. The van der Waals surface area contributed by atoms with Crippen LogP contribution in [-0.2, 0) is 14.3 Å². The monoisotopic (exact) mass is 215 g/mol. The quantitative estimate of drug-likeness (QED) is 0.674. The van der Waals surface area contributed by atoms with Crippen LogP contribution in [0.1, 0.15) is 34.1 Å². The molecule has 15 heavy (non-hydrogen) atoms. The summed E-state index contributed by atoms with van der Waals surface area (Å²) < 4.78 is 4.93. The fourth-order valence-electron chi connectivity index (χ4n) is 0.892. The Bertz CT molecular complexity index is 224. The number of esters is 1. The van der Waals surface area contributed by atoms with Gasteiger partial charge in [0.1, 0.15) is 11.8 Å². The maximum atomic E-state index is 11.3. The van der Waals surface area contributed by atoms with Crippen LogP contribution in [0.2, 0.25) is 0 Å². The summed E-state index contributed by atoms with van der Waals surface area (Å²) in [5, 5.41) is 0. The smallest absolute Gasteiger partial charge is 0.323 e. The van der Waals surface area contributed by atoms with Gasteiger partial charge in [-0.25, -0.2) is 0 Å². The molecule has 88 valence electrons. The van der Waals surface area contributed by atoms with Gasteiger partial charge in [-0.1, -0.05) is 27.7 Å². The van der Waals surface area contributed by atoms with Crippen molar-refractivity contribution < 1.29 is 14.3 Å². The third-order valence-corrected chi connectivity index (χ3v) is 1.93. The van der Waals surface area contributed by atoms with Crippen molar-refractivity contribution in [2.45, 2.75) is 40.2 Å². The molecule has 0 saturated carbocycles. The van der Waals surface area contributed by atoms with Gasteiger partial charge in [-0.2, -0.15) is 0 Å². The van der Waals surface area contributed by atoms with Crippen molar-refractivity contribution in [2.75, 3.05) is 6.61 Å². The second-order valence-corrected chi connectivity index (χ2v) is 4.46. The molecule has 0 amide bonds. The Morgan fingerprint density at radius 2 is 1.73 bits per heavy atom. The maximum absolute atomic E-state index is 11.3. The number of carbonyl (C=O) groups excluding carboxylic acids is 2. The SMILES string of the molecule is CC(C)COC(=O)C(N)CC(=O)C(C)C. The predicted octanol–water partition coefficient (Wildman–Crippen LogP) is 1.13. The highest BCUT2D eigenvalue weighted by Crippen LogP contribution is 2.03. The van der Waals surface area contributed by atoms with Crippen LogP contribution in [0.3, 0.4) is 0 Å². The molecule has 0 fully saturated rings. The molecule has 0 saturated heterocycles. The van der Waals surface area contributed by atoms with Gasteiger partial charge in [0.15, 0.2) is 0 Å². The van der Waals surface area contributed by atoms with Gasteiger partial charge in [-0.05, 0) is 5.92 Å². The van der Waals surface area contributed by atoms with Crippen molar-refractivity contribution in [3.63, 3.8) is 0 Å². The van der Waals surface area contributed by atoms with Crippen LogP contribution < -0.4 is 5.73 Å². The molecular formula is C11H21NO3.